The van der Waals surface area contributed by atoms with Crippen LogP contribution in [0.25, 0.3) is 0 Å². The molecule has 0 saturated carbocycles. The molecule has 0 aromatic carbocycles. The topological polar surface area (TPSA) is 55.4 Å². The second-order valence-electron chi connectivity index (χ2n) is 6.88. The number of ether oxygens (including phenoxy) is 1. The Bertz CT molecular complexity index is 487. The van der Waals surface area contributed by atoms with Gasteiger partial charge < -0.3 is 10.1 Å². The fourth-order valence-corrected chi connectivity index (χ4v) is 3.43. The summed E-state index contributed by atoms with van der Waals surface area (Å²) >= 11 is 1.36. The molecule has 1 aromatic heterocycles. The van der Waals surface area contributed by atoms with E-state index in [0.29, 0.717) is 11.5 Å². The van der Waals surface area contributed by atoms with E-state index in [1.807, 2.05) is 11.4 Å². The number of amides is 1. The molecule has 0 aliphatic carbocycles. The van der Waals surface area contributed by atoms with Gasteiger partial charge in [0.05, 0.1) is 11.5 Å². The van der Waals surface area contributed by atoms with Crippen LogP contribution in [-0.4, -0.2) is 24.5 Å². The van der Waals surface area contributed by atoms with E-state index >= 15 is 0 Å². The van der Waals surface area contributed by atoms with Crippen LogP contribution in [0.4, 0.5) is 0 Å². The van der Waals surface area contributed by atoms with Crippen molar-refractivity contribution in [3.05, 3.63) is 22.4 Å². The van der Waals surface area contributed by atoms with Gasteiger partial charge in [-0.25, -0.2) is 4.79 Å². The lowest BCUT2D eigenvalue weighted by Gasteiger charge is -2.12. The number of esters is 1. The Morgan fingerprint density at radius 3 is 2.12 bits per heavy atom. The van der Waals surface area contributed by atoms with Gasteiger partial charge in [0.15, 0.2) is 0 Å². The summed E-state index contributed by atoms with van der Waals surface area (Å²) < 4.78 is 5.25. The summed E-state index contributed by atoms with van der Waals surface area (Å²) in [4.78, 5) is 24.4. The molecule has 5 heteroatoms. The molecule has 0 aliphatic heterocycles. The third-order valence-electron chi connectivity index (χ3n) is 4.44. The summed E-state index contributed by atoms with van der Waals surface area (Å²) in [6.45, 7) is 4.35. The Morgan fingerprint density at radius 1 is 1.00 bits per heavy atom. The lowest BCUT2D eigenvalue weighted by molar-refractivity contribution is -0.145. The molecule has 1 amide bonds. The Hall–Kier alpha value is -1.36. The van der Waals surface area contributed by atoms with Crippen LogP contribution in [0.2, 0.25) is 0 Å². The molecular formula is C21H35NO3S. The summed E-state index contributed by atoms with van der Waals surface area (Å²) in [5, 5.41) is 4.51. The largest absolute Gasteiger partial charge is 0.464 e. The van der Waals surface area contributed by atoms with Gasteiger partial charge in [-0.2, -0.15) is 0 Å². The minimum absolute atomic E-state index is 0.223. The molecule has 1 aromatic rings. The standard InChI is InChI=1S/C21H35NO3S/c1-3-4-5-6-7-8-9-10-11-12-13-16-25-21(24)18(2)22-20(23)19-15-14-17-26-19/h14-15,17-18H,3-13,16H2,1-2H3,(H,22,23)/t18-/m0/s1. The third-order valence-corrected chi connectivity index (χ3v) is 5.31. The first kappa shape index (κ1) is 22.7. The van der Waals surface area contributed by atoms with Crippen LogP contribution in [0.5, 0.6) is 0 Å². The van der Waals surface area contributed by atoms with Crippen molar-refractivity contribution in [2.75, 3.05) is 6.61 Å². The summed E-state index contributed by atoms with van der Waals surface area (Å²) in [7, 11) is 0. The van der Waals surface area contributed by atoms with Gasteiger partial charge in [0, 0.05) is 0 Å². The van der Waals surface area contributed by atoms with Gasteiger partial charge in [-0.15, -0.1) is 11.3 Å². The molecule has 1 N–H and O–H groups in total. The number of carbonyl (C=O) groups is 2. The van der Waals surface area contributed by atoms with Gasteiger partial charge in [-0.05, 0) is 24.8 Å². The highest BCUT2D eigenvalue weighted by atomic mass is 32.1. The van der Waals surface area contributed by atoms with Crippen molar-refractivity contribution in [1.82, 2.24) is 5.32 Å². The second-order valence-corrected chi connectivity index (χ2v) is 7.82. The zero-order valence-electron chi connectivity index (χ0n) is 16.4. The highest BCUT2D eigenvalue weighted by Gasteiger charge is 2.18. The lowest BCUT2D eigenvalue weighted by Crippen LogP contribution is -2.39. The van der Waals surface area contributed by atoms with E-state index in [-0.39, 0.29) is 11.9 Å². The van der Waals surface area contributed by atoms with Crippen molar-refractivity contribution in [2.45, 2.75) is 90.5 Å². The zero-order valence-corrected chi connectivity index (χ0v) is 17.2. The van der Waals surface area contributed by atoms with Gasteiger partial charge in [-0.3, -0.25) is 4.79 Å². The molecule has 26 heavy (non-hydrogen) atoms. The minimum atomic E-state index is -0.614. The second kappa shape index (κ2) is 14.8. The lowest BCUT2D eigenvalue weighted by atomic mass is 10.1. The molecule has 1 rings (SSSR count). The van der Waals surface area contributed by atoms with Crippen molar-refractivity contribution in [2.24, 2.45) is 0 Å². The Morgan fingerprint density at radius 2 is 1.58 bits per heavy atom. The van der Waals surface area contributed by atoms with Crippen LogP contribution in [0.15, 0.2) is 17.5 Å². The van der Waals surface area contributed by atoms with Crippen LogP contribution in [0.1, 0.15) is 94.1 Å². The van der Waals surface area contributed by atoms with E-state index in [0.717, 1.165) is 12.8 Å². The first-order valence-corrected chi connectivity index (χ1v) is 11.0. The van der Waals surface area contributed by atoms with E-state index in [2.05, 4.69) is 12.2 Å². The van der Waals surface area contributed by atoms with Gasteiger partial charge in [0.1, 0.15) is 6.04 Å². The number of nitrogens with one attached hydrogen (secondary N) is 1. The SMILES string of the molecule is CCCCCCCCCCCCCOC(=O)[C@H](C)NC(=O)c1cccs1. The van der Waals surface area contributed by atoms with Crippen LogP contribution >= 0.6 is 11.3 Å². The minimum Gasteiger partial charge on any atom is -0.464 e. The molecular weight excluding hydrogens is 346 g/mol. The smallest absolute Gasteiger partial charge is 0.328 e. The Labute approximate surface area is 162 Å². The van der Waals surface area contributed by atoms with E-state index in [4.69, 9.17) is 4.74 Å². The maximum Gasteiger partial charge on any atom is 0.328 e. The summed E-state index contributed by atoms with van der Waals surface area (Å²) in [5.41, 5.74) is 0. The number of rotatable bonds is 15. The third kappa shape index (κ3) is 10.6. The van der Waals surface area contributed by atoms with Crippen molar-refractivity contribution >= 4 is 23.2 Å². The number of thiophene rings is 1. The maximum absolute atomic E-state index is 11.9. The van der Waals surface area contributed by atoms with Crippen molar-refractivity contribution in [1.29, 1.82) is 0 Å². The molecule has 0 unspecified atom stereocenters. The molecule has 4 nitrogen and oxygen atoms in total. The van der Waals surface area contributed by atoms with Crippen molar-refractivity contribution in [3.63, 3.8) is 0 Å². The van der Waals surface area contributed by atoms with E-state index in [1.54, 1.807) is 13.0 Å². The molecule has 0 spiro atoms. The van der Waals surface area contributed by atoms with Crippen molar-refractivity contribution < 1.29 is 14.3 Å². The average molecular weight is 382 g/mol. The van der Waals surface area contributed by atoms with E-state index in [9.17, 15) is 9.59 Å². The fourth-order valence-electron chi connectivity index (χ4n) is 2.80. The van der Waals surface area contributed by atoms with Crippen LogP contribution in [0.3, 0.4) is 0 Å². The molecule has 0 saturated heterocycles. The Balaban J connectivity index is 1.94. The molecule has 0 radical (unpaired) electrons. The van der Waals surface area contributed by atoms with Crippen LogP contribution in [0, 0.1) is 0 Å². The van der Waals surface area contributed by atoms with Gasteiger partial charge in [0.25, 0.3) is 5.91 Å². The highest BCUT2D eigenvalue weighted by Crippen LogP contribution is 2.11. The molecule has 0 aliphatic rings. The highest BCUT2D eigenvalue weighted by molar-refractivity contribution is 7.12. The van der Waals surface area contributed by atoms with Gasteiger partial charge in [0.2, 0.25) is 0 Å². The number of hydrogen-bond acceptors (Lipinski definition) is 4. The summed E-state index contributed by atoms with van der Waals surface area (Å²) in [6.07, 6.45) is 13.9. The first-order chi connectivity index (χ1) is 12.6. The zero-order chi connectivity index (χ0) is 19.0. The summed E-state index contributed by atoms with van der Waals surface area (Å²) in [5.74, 6) is -0.582. The van der Waals surface area contributed by atoms with Crippen LogP contribution < -0.4 is 5.32 Å². The molecule has 1 atom stereocenters. The maximum atomic E-state index is 11.9. The Kier molecular flexibility index (Phi) is 12.9. The number of carbonyl (C=O) groups excluding carboxylic acids is 2. The quantitative estimate of drug-likeness (QED) is 0.312. The molecule has 0 bridgehead atoms. The molecule has 1 heterocycles. The van der Waals surface area contributed by atoms with E-state index < -0.39 is 6.04 Å². The van der Waals surface area contributed by atoms with Crippen LogP contribution in [-0.2, 0) is 9.53 Å². The molecule has 0 fully saturated rings. The van der Waals surface area contributed by atoms with Gasteiger partial charge >= 0.3 is 5.97 Å². The monoisotopic (exact) mass is 381 g/mol. The average Bonchev–Trinajstić information content (AvgIpc) is 3.17. The molecule has 148 valence electrons. The van der Waals surface area contributed by atoms with Crippen molar-refractivity contribution in [3.8, 4) is 0 Å². The van der Waals surface area contributed by atoms with E-state index in [1.165, 1.54) is 69.1 Å². The number of unbranched alkanes of at least 4 members (excludes halogenated alkanes) is 10. The predicted octanol–water partition coefficient (Wildman–Crippen LogP) is 5.72. The number of hydrogen-bond donors (Lipinski definition) is 1. The first-order valence-electron chi connectivity index (χ1n) is 10.2. The predicted molar refractivity (Wildman–Crippen MR) is 109 cm³/mol. The fraction of sp³-hybridized carbons (Fsp3) is 0.714. The summed E-state index contributed by atoms with van der Waals surface area (Å²) in [6, 6.07) is 2.94. The van der Waals surface area contributed by atoms with Gasteiger partial charge in [-0.1, -0.05) is 77.2 Å². The normalized spacial score (nSPS) is 11.9.